The summed E-state index contributed by atoms with van der Waals surface area (Å²) in [6.07, 6.45) is 0.299. The van der Waals surface area contributed by atoms with E-state index in [2.05, 4.69) is 22.9 Å². The van der Waals surface area contributed by atoms with Crippen LogP contribution in [0, 0.1) is 0 Å². The molecule has 29 heavy (non-hydrogen) atoms. The summed E-state index contributed by atoms with van der Waals surface area (Å²) in [6, 6.07) is 16.8. The molecule has 1 aromatic heterocycles. The number of hydrogen-bond acceptors (Lipinski definition) is 5. The third-order valence-electron chi connectivity index (χ3n) is 4.90. The number of aliphatic hydroxyl groups excluding tert-OH is 1. The number of ether oxygens (including phenoxy) is 2. The minimum Gasteiger partial charge on any atom is -0.497 e. The van der Waals surface area contributed by atoms with Crippen LogP contribution < -0.4 is 15.0 Å². The second-order valence-corrected chi connectivity index (χ2v) is 7.03. The highest BCUT2D eigenvalue weighted by Gasteiger charge is 2.12. The van der Waals surface area contributed by atoms with Gasteiger partial charge in [-0.05, 0) is 54.9 Å². The zero-order valence-corrected chi connectivity index (χ0v) is 16.9. The van der Waals surface area contributed by atoms with E-state index >= 15 is 0 Å². The lowest BCUT2D eigenvalue weighted by Gasteiger charge is -2.23. The summed E-state index contributed by atoms with van der Waals surface area (Å²) in [4.78, 5) is 16.3. The van der Waals surface area contributed by atoms with Crippen LogP contribution in [0.1, 0.15) is 12.5 Å². The maximum atomic E-state index is 11.4. The second-order valence-electron chi connectivity index (χ2n) is 7.03. The Labute approximate surface area is 170 Å². The number of benzene rings is 2. The first kappa shape index (κ1) is 20.9. The van der Waals surface area contributed by atoms with Gasteiger partial charge < -0.3 is 24.5 Å². The van der Waals surface area contributed by atoms with Gasteiger partial charge in [0, 0.05) is 30.1 Å². The van der Waals surface area contributed by atoms with Crippen molar-refractivity contribution in [2.24, 2.45) is 0 Å². The summed E-state index contributed by atoms with van der Waals surface area (Å²) >= 11 is 0. The van der Waals surface area contributed by atoms with Crippen molar-refractivity contribution in [1.82, 2.24) is 9.88 Å². The van der Waals surface area contributed by atoms with Crippen LogP contribution in [0.5, 0.6) is 11.5 Å². The van der Waals surface area contributed by atoms with Gasteiger partial charge in [0.2, 0.25) is 5.56 Å². The van der Waals surface area contributed by atoms with Crippen molar-refractivity contribution < 1.29 is 14.6 Å². The van der Waals surface area contributed by atoms with Crippen molar-refractivity contribution in [3.63, 3.8) is 0 Å². The zero-order valence-electron chi connectivity index (χ0n) is 16.9. The molecular weight excluding hydrogens is 368 g/mol. The highest BCUT2D eigenvalue weighted by molar-refractivity contribution is 5.79. The number of pyridine rings is 1. The van der Waals surface area contributed by atoms with Crippen LogP contribution >= 0.6 is 0 Å². The number of nitrogens with zero attached hydrogens (tertiary/aromatic N) is 1. The predicted molar refractivity (Wildman–Crippen MR) is 115 cm³/mol. The zero-order chi connectivity index (χ0) is 20.6. The number of aromatic nitrogens is 1. The van der Waals surface area contributed by atoms with E-state index in [0.29, 0.717) is 12.3 Å². The largest absolute Gasteiger partial charge is 0.497 e. The summed E-state index contributed by atoms with van der Waals surface area (Å²) in [5.74, 6) is 1.53. The molecule has 0 fully saturated rings. The molecule has 2 N–H and O–H groups in total. The van der Waals surface area contributed by atoms with Crippen molar-refractivity contribution >= 4 is 10.9 Å². The fourth-order valence-electron chi connectivity index (χ4n) is 3.26. The Balaban J connectivity index is 1.49. The third kappa shape index (κ3) is 6.07. The Morgan fingerprint density at radius 3 is 2.76 bits per heavy atom. The van der Waals surface area contributed by atoms with Gasteiger partial charge in [0.25, 0.3) is 0 Å². The molecule has 3 aromatic rings. The Bertz CT molecular complexity index is 986. The number of methoxy groups -OCH3 is 1. The van der Waals surface area contributed by atoms with Gasteiger partial charge in [-0.2, -0.15) is 0 Å². The number of H-pyrrole nitrogens is 1. The molecule has 6 nitrogen and oxygen atoms in total. The van der Waals surface area contributed by atoms with Crippen molar-refractivity contribution in [1.29, 1.82) is 0 Å². The summed E-state index contributed by atoms with van der Waals surface area (Å²) in [5.41, 5.74) is 1.85. The molecule has 0 spiro atoms. The summed E-state index contributed by atoms with van der Waals surface area (Å²) < 4.78 is 11.0. The van der Waals surface area contributed by atoms with Gasteiger partial charge in [0.1, 0.15) is 24.2 Å². The molecule has 0 saturated heterocycles. The molecule has 6 heteroatoms. The van der Waals surface area contributed by atoms with Crippen LogP contribution in [0.4, 0.5) is 0 Å². The van der Waals surface area contributed by atoms with Crippen LogP contribution in [0.2, 0.25) is 0 Å². The normalized spacial score (nSPS) is 12.3. The molecule has 1 heterocycles. The first-order valence-electron chi connectivity index (χ1n) is 9.86. The van der Waals surface area contributed by atoms with Crippen LogP contribution in [0.15, 0.2) is 59.4 Å². The smallest absolute Gasteiger partial charge is 0.248 e. The first-order chi connectivity index (χ1) is 14.1. The van der Waals surface area contributed by atoms with E-state index in [-0.39, 0.29) is 12.2 Å². The van der Waals surface area contributed by atoms with Gasteiger partial charge in [-0.3, -0.25) is 4.79 Å². The van der Waals surface area contributed by atoms with Crippen LogP contribution in [-0.4, -0.2) is 54.4 Å². The van der Waals surface area contributed by atoms with Gasteiger partial charge in [-0.25, -0.2) is 0 Å². The highest BCUT2D eigenvalue weighted by Crippen LogP contribution is 2.18. The maximum Gasteiger partial charge on any atom is 0.248 e. The molecule has 0 bridgehead atoms. The second kappa shape index (κ2) is 10.1. The average Bonchev–Trinajstić information content (AvgIpc) is 2.75. The number of likely N-dealkylation sites (N-methyl/N-ethyl adjacent to an activating group) is 1. The van der Waals surface area contributed by atoms with E-state index < -0.39 is 6.10 Å². The molecule has 1 atom stereocenters. The average molecular weight is 396 g/mol. The SMILES string of the molecule is CCN(CCc1cccc(OC)c1)CC(O)COc1ccc2[nH]c(=O)ccc2c1. The van der Waals surface area contributed by atoms with Gasteiger partial charge in [0.15, 0.2) is 0 Å². The Kier molecular flexibility index (Phi) is 7.27. The fraction of sp³-hybridized carbons (Fsp3) is 0.348. The monoisotopic (exact) mass is 396 g/mol. The highest BCUT2D eigenvalue weighted by atomic mass is 16.5. The Hall–Kier alpha value is -2.83. The predicted octanol–water partition coefficient (Wildman–Crippen LogP) is 2.84. The fourth-order valence-corrected chi connectivity index (χ4v) is 3.26. The Morgan fingerprint density at radius 1 is 1.10 bits per heavy atom. The number of aromatic amines is 1. The molecule has 3 rings (SSSR count). The molecule has 154 valence electrons. The number of aliphatic hydroxyl groups is 1. The molecule has 2 aromatic carbocycles. The minimum atomic E-state index is -0.591. The molecule has 0 saturated carbocycles. The van der Waals surface area contributed by atoms with Crippen LogP contribution in [0.25, 0.3) is 10.9 Å². The van der Waals surface area contributed by atoms with Crippen LogP contribution in [0.3, 0.4) is 0 Å². The number of nitrogens with one attached hydrogen (secondary N) is 1. The quantitative estimate of drug-likeness (QED) is 0.551. The molecule has 0 aliphatic heterocycles. The molecule has 0 amide bonds. The van der Waals surface area contributed by atoms with E-state index in [9.17, 15) is 9.90 Å². The number of fused-ring (bicyclic) bond motifs is 1. The lowest BCUT2D eigenvalue weighted by atomic mass is 10.1. The van der Waals surface area contributed by atoms with Crippen molar-refractivity contribution in [3.05, 3.63) is 70.5 Å². The lowest BCUT2D eigenvalue weighted by Crippen LogP contribution is -2.36. The van der Waals surface area contributed by atoms with Gasteiger partial charge in [-0.1, -0.05) is 19.1 Å². The van der Waals surface area contributed by atoms with Crippen molar-refractivity contribution in [2.75, 3.05) is 33.4 Å². The van der Waals surface area contributed by atoms with Gasteiger partial charge in [-0.15, -0.1) is 0 Å². The molecule has 1 unspecified atom stereocenters. The van der Waals surface area contributed by atoms with E-state index in [1.807, 2.05) is 30.3 Å². The summed E-state index contributed by atoms with van der Waals surface area (Å²) in [7, 11) is 1.67. The third-order valence-corrected chi connectivity index (χ3v) is 4.90. The molecule has 0 aliphatic rings. The van der Waals surface area contributed by atoms with E-state index in [1.165, 1.54) is 11.6 Å². The number of rotatable bonds is 10. The lowest BCUT2D eigenvalue weighted by molar-refractivity contribution is 0.0703. The van der Waals surface area contributed by atoms with Gasteiger partial charge in [0.05, 0.1) is 7.11 Å². The standard InChI is InChI=1S/C23H28N2O4/c1-3-25(12-11-17-5-4-6-20(13-17)28-2)15-19(26)16-29-21-8-9-22-18(14-21)7-10-23(27)24-22/h4-10,13-14,19,26H,3,11-12,15-16H2,1-2H3,(H,24,27). The summed E-state index contributed by atoms with van der Waals surface area (Å²) in [6.45, 7) is 4.55. The molecular formula is C23H28N2O4. The molecule has 0 aliphatic carbocycles. The minimum absolute atomic E-state index is 0.129. The first-order valence-corrected chi connectivity index (χ1v) is 9.86. The Morgan fingerprint density at radius 2 is 1.97 bits per heavy atom. The van der Waals surface area contributed by atoms with Crippen molar-refractivity contribution in [3.8, 4) is 11.5 Å². The van der Waals surface area contributed by atoms with E-state index in [0.717, 1.165) is 36.2 Å². The van der Waals surface area contributed by atoms with Crippen LogP contribution in [-0.2, 0) is 6.42 Å². The van der Waals surface area contributed by atoms with Crippen molar-refractivity contribution in [2.45, 2.75) is 19.4 Å². The van der Waals surface area contributed by atoms with Gasteiger partial charge >= 0.3 is 0 Å². The summed E-state index contributed by atoms with van der Waals surface area (Å²) in [5, 5.41) is 11.3. The molecule has 0 radical (unpaired) electrons. The maximum absolute atomic E-state index is 11.4. The number of hydrogen-bond donors (Lipinski definition) is 2. The topological polar surface area (TPSA) is 74.8 Å². The van der Waals surface area contributed by atoms with E-state index in [4.69, 9.17) is 9.47 Å². The van der Waals surface area contributed by atoms with E-state index in [1.54, 1.807) is 19.2 Å².